The van der Waals surface area contributed by atoms with E-state index in [1.54, 1.807) is 6.07 Å². The smallest absolute Gasteiger partial charge is 0.259 e. The normalized spacial score (nSPS) is 10.8. The number of ether oxygens (including phenoxy) is 1. The molecule has 0 unspecified atom stereocenters. The molecule has 0 spiro atoms. The largest absolute Gasteiger partial charge is 0.494 e. The van der Waals surface area contributed by atoms with Gasteiger partial charge in [-0.05, 0) is 31.5 Å². The molecule has 0 radical (unpaired) electrons. The van der Waals surface area contributed by atoms with E-state index in [2.05, 4.69) is 20.3 Å². The predicted octanol–water partition coefficient (Wildman–Crippen LogP) is 2.97. The third kappa shape index (κ3) is 2.50. The molecular formula is C16H15FN4O2. The second-order valence-corrected chi connectivity index (χ2v) is 5.10. The summed E-state index contributed by atoms with van der Waals surface area (Å²) >= 11 is 0. The number of rotatable bonds is 3. The molecule has 23 heavy (non-hydrogen) atoms. The zero-order chi connectivity index (χ0) is 16.6. The Kier molecular flexibility index (Phi) is 3.69. The lowest BCUT2D eigenvalue weighted by molar-refractivity contribution is 0.102. The Morgan fingerprint density at radius 1 is 1.30 bits per heavy atom. The van der Waals surface area contributed by atoms with E-state index >= 15 is 0 Å². The summed E-state index contributed by atoms with van der Waals surface area (Å²) < 4.78 is 19.1. The van der Waals surface area contributed by atoms with E-state index in [1.807, 2.05) is 13.8 Å². The number of carbonyl (C=O) groups is 1. The molecule has 118 valence electrons. The van der Waals surface area contributed by atoms with Gasteiger partial charge in [-0.1, -0.05) is 6.07 Å². The highest BCUT2D eigenvalue weighted by Gasteiger charge is 2.18. The number of anilines is 1. The quantitative estimate of drug-likeness (QED) is 0.779. The monoisotopic (exact) mass is 314 g/mol. The zero-order valence-corrected chi connectivity index (χ0v) is 12.9. The van der Waals surface area contributed by atoms with Gasteiger partial charge < -0.3 is 15.0 Å². The molecule has 0 fully saturated rings. The summed E-state index contributed by atoms with van der Waals surface area (Å²) in [5.74, 6) is -0.956. The first-order chi connectivity index (χ1) is 11.0. The van der Waals surface area contributed by atoms with Gasteiger partial charge in [0.1, 0.15) is 17.8 Å². The van der Waals surface area contributed by atoms with E-state index in [0.29, 0.717) is 16.9 Å². The van der Waals surface area contributed by atoms with Crippen molar-refractivity contribution in [1.82, 2.24) is 15.0 Å². The summed E-state index contributed by atoms with van der Waals surface area (Å²) in [4.78, 5) is 23.7. The average Bonchev–Trinajstić information content (AvgIpc) is 2.83. The number of aromatic nitrogens is 3. The van der Waals surface area contributed by atoms with Crippen LogP contribution in [0.2, 0.25) is 0 Å². The van der Waals surface area contributed by atoms with Crippen molar-refractivity contribution in [3.05, 3.63) is 47.2 Å². The number of hydrogen-bond acceptors (Lipinski definition) is 4. The molecule has 2 N–H and O–H groups in total. The maximum absolute atomic E-state index is 14.2. The van der Waals surface area contributed by atoms with Crippen LogP contribution in [0.5, 0.6) is 5.75 Å². The molecule has 3 aromatic rings. The minimum atomic E-state index is -0.709. The summed E-state index contributed by atoms with van der Waals surface area (Å²) in [6.45, 7) is 3.81. The summed E-state index contributed by atoms with van der Waals surface area (Å²) in [6.07, 6.45) is 1.34. The van der Waals surface area contributed by atoms with Crippen LogP contribution in [0.15, 0.2) is 24.5 Å². The Balaban J connectivity index is 2.01. The highest BCUT2D eigenvalue weighted by Crippen LogP contribution is 2.26. The van der Waals surface area contributed by atoms with Crippen molar-refractivity contribution >= 4 is 22.8 Å². The fourth-order valence-corrected chi connectivity index (χ4v) is 2.41. The van der Waals surface area contributed by atoms with Crippen LogP contribution >= 0.6 is 0 Å². The number of halogens is 1. The molecule has 0 atom stereocenters. The molecule has 0 saturated carbocycles. The molecule has 0 aliphatic rings. The van der Waals surface area contributed by atoms with Gasteiger partial charge in [0.15, 0.2) is 11.6 Å². The third-order valence-corrected chi connectivity index (χ3v) is 3.75. The van der Waals surface area contributed by atoms with Gasteiger partial charge >= 0.3 is 0 Å². The van der Waals surface area contributed by atoms with E-state index < -0.39 is 11.7 Å². The number of aryl methyl sites for hydroxylation is 2. The maximum Gasteiger partial charge on any atom is 0.259 e. The van der Waals surface area contributed by atoms with Gasteiger partial charge in [-0.15, -0.1) is 0 Å². The Bertz CT molecular complexity index is 904. The van der Waals surface area contributed by atoms with Crippen molar-refractivity contribution in [2.45, 2.75) is 13.8 Å². The van der Waals surface area contributed by atoms with Gasteiger partial charge in [0, 0.05) is 5.69 Å². The van der Waals surface area contributed by atoms with Crippen LogP contribution in [-0.2, 0) is 0 Å². The summed E-state index contributed by atoms with van der Waals surface area (Å²) in [5.41, 5.74) is 2.38. The molecule has 0 saturated heterocycles. The van der Waals surface area contributed by atoms with Crippen molar-refractivity contribution in [2.75, 3.05) is 12.4 Å². The number of hydrogen-bond donors (Lipinski definition) is 2. The van der Waals surface area contributed by atoms with Crippen LogP contribution < -0.4 is 10.1 Å². The van der Waals surface area contributed by atoms with E-state index in [9.17, 15) is 9.18 Å². The minimum Gasteiger partial charge on any atom is -0.494 e. The Hall–Kier alpha value is -2.96. The van der Waals surface area contributed by atoms with E-state index in [-0.39, 0.29) is 11.3 Å². The Morgan fingerprint density at radius 3 is 2.83 bits per heavy atom. The van der Waals surface area contributed by atoms with Crippen molar-refractivity contribution in [2.24, 2.45) is 0 Å². The van der Waals surface area contributed by atoms with Crippen LogP contribution in [0, 0.1) is 19.7 Å². The van der Waals surface area contributed by atoms with Crippen LogP contribution in [-0.4, -0.2) is 28.0 Å². The molecule has 7 heteroatoms. The molecule has 2 aromatic heterocycles. The number of carbonyl (C=O) groups excluding carboxylic acids is 1. The van der Waals surface area contributed by atoms with Crippen LogP contribution in [0.4, 0.5) is 10.2 Å². The molecule has 0 bridgehead atoms. The minimum absolute atomic E-state index is 0.0131. The second-order valence-electron chi connectivity index (χ2n) is 5.10. The number of amides is 1. The first kappa shape index (κ1) is 15.0. The fourth-order valence-electron chi connectivity index (χ4n) is 2.41. The first-order valence-corrected chi connectivity index (χ1v) is 6.96. The van der Waals surface area contributed by atoms with Crippen molar-refractivity contribution in [1.29, 1.82) is 0 Å². The number of benzene rings is 1. The van der Waals surface area contributed by atoms with Crippen molar-refractivity contribution in [3.63, 3.8) is 0 Å². The van der Waals surface area contributed by atoms with Gasteiger partial charge in [0.2, 0.25) is 0 Å². The summed E-state index contributed by atoms with van der Waals surface area (Å²) in [6, 6.07) is 4.40. The second kappa shape index (κ2) is 5.68. The highest BCUT2D eigenvalue weighted by molar-refractivity contribution is 6.08. The number of methoxy groups -OCH3 is 1. The maximum atomic E-state index is 14.2. The van der Waals surface area contributed by atoms with Gasteiger partial charge in [0.05, 0.1) is 18.1 Å². The molecule has 0 aliphatic carbocycles. The SMILES string of the molecule is COc1cccc(C(=O)Nc2ncnc3[nH]c(C)c(C)c23)c1F. The van der Waals surface area contributed by atoms with E-state index in [1.165, 1.54) is 25.6 Å². The molecule has 2 heterocycles. The van der Waals surface area contributed by atoms with E-state index in [0.717, 1.165) is 11.3 Å². The molecule has 0 aliphatic heterocycles. The lowest BCUT2D eigenvalue weighted by Crippen LogP contribution is -2.15. The Labute approximate surface area is 131 Å². The summed E-state index contributed by atoms with van der Waals surface area (Å²) in [5, 5.41) is 3.35. The molecule has 1 amide bonds. The van der Waals surface area contributed by atoms with Crippen molar-refractivity contribution in [3.8, 4) is 5.75 Å². The Morgan fingerprint density at radius 2 is 2.09 bits per heavy atom. The van der Waals surface area contributed by atoms with Gasteiger partial charge in [-0.25, -0.2) is 14.4 Å². The number of fused-ring (bicyclic) bond motifs is 1. The number of aromatic amines is 1. The van der Waals surface area contributed by atoms with Crippen LogP contribution in [0.3, 0.4) is 0 Å². The first-order valence-electron chi connectivity index (χ1n) is 6.96. The lowest BCUT2D eigenvalue weighted by Gasteiger charge is -2.09. The number of nitrogens with one attached hydrogen (secondary N) is 2. The average molecular weight is 314 g/mol. The van der Waals surface area contributed by atoms with Crippen LogP contribution in [0.1, 0.15) is 21.6 Å². The van der Waals surface area contributed by atoms with Gasteiger partial charge in [0.25, 0.3) is 5.91 Å². The van der Waals surface area contributed by atoms with E-state index in [4.69, 9.17) is 4.74 Å². The standard InChI is InChI=1S/C16H15FN4O2/c1-8-9(2)20-14-12(8)15(19-7-18-14)21-16(22)10-5-4-6-11(23-3)13(10)17/h4-7H,1-3H3,(H2,18,19,20,21,22). The fraction of sp³-hybridized carbons (Fsp3) is 0.188. The number of H-pyrrole nitrogens is 1. The zero-order valence-electron chi connectivity index (χ0n) is 12.9. The highest BCUT2D eigenvalue weighted by atomic mass is 19.1. The predicted molar refractivity (Wildman–Crippen MR) is 84.3 cm³/mol. The molecular weight excluding hydrogens is 299 g/mol. The molecule has 1 aromatic carbocycles. The lowest BCUT2D eigenvalue weighted by atomic mass is 10.1. The topological polar surface area (TPSA) is 79.9 Å². The molecule has 6 nitrogen and oxygen atoms in total. The van der Waals surface area contributed by atoms with Crippen molar-refractivity contribution < 1.29 is 13.9 Å². The van der Waals surface area contributed by atoms with Crippen LogP contribution in [0.25, 0.3) is 11.0 Å². The third-order valence-electron chi connectivity index (χ3n) is 3.75. The summed E-state index contributed by atoms with van der Waals surface area (Å²) in [7, 11) is 1.35. The number of nitrogens with zero attached hydrogens (tertiary/aromatic N) is 2. The van der Waals surface area contributed by atoms with Gasteiger partial charge in [-0.2, -0.15) is 0 Å². The van der Waals surface area contributed by atoms with Gasteiger partial charge in [-0.3, -0.25) is 4.79 Å². The molecule has 3 rings (SSSR count).